The zero-order valence-electron chi connectivity index (χ0n) is 15.3. The minimum Gasteiger partial charge on any atom is -0.391 e. The number of aliphatic hydroxyl groups is 1. The summed E-state index contributed by atoms with van der Waals surface area (Å²) in [6.45, 7) is 4.36. The first-order valence-electron chi connectivity index (χ1n) is 8.85. The molecule has 1 aliphatic heterocycles. The van der Waals surface area contributed by atoms with Gasteiger partial charge in [-0.1, -0.05) is 17.7 Å². The highest BCUT2D eigenvalue weighted by Crippen LogP contribution is 2.24. The number of β-amino-alcohol motifs (C(OH)–C–C–N with tert-alkyl or cyclic N) is 1. The largest absolute Gasteiger partial charge is 0.391 e. The van der Waals surface area contributed by atoms with Crippen molar-refractivity contribution >= 4 is 29.1 Å². The van der Waals surface area contributed by atoms with Crippen molar-refractivity contribution in [2.24, 2.45) is 5.92 Å². The maximum atomic E-state index is 12.5. The Bertz CT molecular complexity index is 851. The number of carbonyl (C=O) groups excluding carboxylic acids is 2. The smallest absolute Gasteiger partial charge is 0.233 e. The Hall–Kier alpha value is -2.38. The molecule has 1 aromatic heterocycles. The number of hydrogen-bond acceptors (Lipinski definition) is 4. The van der Waals surface area contributed by atoms with E-state index in [1.165, 1.54) is 0 Å². The molecule has 1 aliphatic rings. The zero-order chi connectivity index (χ0) is 19.6. The number of benzene rings is 1. The Morgan fingerprint density at radius 2 is 2.15 bits per heavy atom. The van der Waals surface area contributed by atoms with Crippen molar-refractivity contribution in [3.8, 4) is 0 Å². The van der Waals surface area contributed by atoms with E-state index in [1.54, 1.807) is 30.0 Å². The molecule has 2 heterocycles. The monoisotopic (exact) mass is 390 g/mol. The molecule has 1 fully saturated rings. The molecule has 2 atom stereocenters. The molecular formula is C19H23ClN4O3. The molecule has 3 rings (SSSR count). The van der Waals surface area contributed by atoms with Gasteiger partial charge < -0.3 is 15.3 Å². The Labute approximate surface area is 162 Å². The second kappa shape index (κ2) is 8.10. The van der Waals surface area contributed by atoms with Crippen LogP contribution in [0.2, 0.25) is 5.02 Å². The summed E-state index contributed by atoms with van der Waals surface area (Å²) in [7, 11) is 0. The van der Waals surface area contributed by atoms with E-state index in [2.05, 4.69) is 15.5 Å². The number of aromatic nitrogens is 2. The Balaban J connectivity index is 1.55. The summed E-state index contributed by atoms with van der Waals surface area (Å²) in [4.78, 5) is 26.2. The van der Waals surface area contributed by atoms with Gasteiger partial charge in [-0.3, -0.25) is 14.7 Å². The van der Waals surface area contributed by atoms with Crippen molar-refractivity contribution in [1.82, 2.24) is 15.1 Å². The highest BCUT2D eigenvalue weighted by Gasteiger charge is 2.34. The summed E-state index contributed by atoms with van der Waals surface area (Å²) in [6.07, 6.45) is -0.306. The van der Waals surface area contributed by atoms with Gasteiger partial charge >= 0.3 is 0 Å². The lowest BCUT2D eigenvalue weighted by Gasteiger charge is -2.16. The number of aryl methyl sites for hydroxylation is 1. The predicted molar refractivity (Wildman–Crippen MR) is 103 cm³/mol. The fourth-order valence-electron chi connectivity index (χ4n) is 3.29. The number of nitrogens with one attached hydrogen (secondary N) is 2. The van der Waals surface area contributed by atoms with Crippen LogP contribution in [0.25, 0.3) is 0 Å². The number of likely N-dealkylation sites (tertiary alicyclic amines) is 1. The van der Waals surface area contributed by atoms with E-state index in [1.807, 2.05) is 13.0 Å². The molecule has 0 spiro atoms. The van der Waals surface area contributed by atoms with Gasteiger partial charge in [-0.25, -0.2) is 0 Å². The van der Waals surface area contributed by atoms with Crippen molar-refractivity contribution in [2.75, 3.05) is 18.4 Å². The summed E-state index contributed by atoms with van der Waals surface area (Å²) in [5.74, 6) is -0.784. The van der Waals surface area contributed by atoms with Crippen LogP contribution >= 0.6 is 11.6 Å². The molecule has 2 aromatic rings. The van der Waals surface area contributed by atoms with Crippen LogP contribution in [0.15, 0.2) is 24.3 Å². The SMILES string of the molecule is Cc1cc(C[C@@H]2CN(C(=O)CC(=O)Nc3cccc(Cl)c3C)C[C@H]2O)n[nH]1. The number of aromatic amines is 1. The molecule has 3 N–H and O–H groups in total. The summed E-state index contributed by atoms with van der Waals surface area (Å²) < 4.78 is 0. The standard InChI is InChI=1S/C19H23ClN4O3/c1-11-6-14(23-22-11)7-13-9-24(10-17(13)25)19(27)8-18(26)21-16-5-3-4-15(20)12(16)2/h3-6,13,17,25H,7-10H2,1-2H3,(H,21,26)(H,22,23)/t13-,17-/m1/s1. The van der Waals surface area contributed by atoms with Gasteiger partial charge in [-0.05, 0) is 44.0 Å². The van der Waals surface area contributed by atoms with Gasteiger partial charge in [0.15, 0.2) is 0 Å². The van der Waals surface area contributed by atoms with Crippen LogP contribution in [0.3, 0.4) is 0 Å². The fourth-order valence-corrected chi connectivity index (χ4v) is 3.47. The highest BCUT2D eigenvalue weighted by molar-refractivity contribution is 6.31. The third-order valence-electron chi connectivity index (χ3n) is 4.84. The molecule has 0 aliphatic carbocycles. The Morgan fingerprint density at radius 1 is 1.37 bits per heavy atom. The third kappa shape index (κ3) is 4.67. The maximum Gasteiger partial charge on any atom is 0.233 e. The number of carbonyl (C=O) groups is 2. The van der Waals surface area contributed by atoms with E-state index >= 15 is 0 Å². The zero-order valence-corrected chi connectivity index (χ0v) is 16.1. The number of nitrogens with zero attached hydrogens (tertiary/aromatic N) is 2. The first-order chi connectivity index (χ1) is 12.8. The Morgan fingerprint density at radius 3 is 2.85 bits per heavy atom. The molecule has 0 saturated carbocycles. The summed E-state index contributed by atoms with van der Waals surface area (Å²) in [5.41, 5.74) is 3.16. The van der Waals surface area contributed by atoms with Gasteiger partial charge in [0.25, 0.3) is 0 Å². The predicted octanol–water partition coefficient (Wildman–Crippen LogP) is 2.07. The quantitative estimate of drug-likeness (QED) is 0.680. The van der Waals surface area contributed by atoms with Gasteiger partial charge in [0.1, 0.15) is 6.42 Å². The molecule has 144 valence electrons. The van der Waals surface area contributed by atoms with E-state index in [-0.39, 0.29) is 24.8 Å². The summed E-state index contributed by atoms with van der Waals surface area (Å²) >= 11 is 6.05. The van der Waals surface area contributed by atoms with Crippen LogP contribution in [0.4, 0.5) is 5.69 Å². The molecule has 7 nitrogen and oxygen atoms in total. The molecule has 8 heteroatoms. The lowest BCUT2D eigenvalue weighted by molar-refractivity contribution is -0.134. The summed E-state index contributed by atoms with van der Waals surface area (Å²) in [5, 5.41) is 20.6. The van der Waals surface area contributed by atoms with Gasteiger partial charge in [0.2, 0.25) is 11.8 Å². The van der Waals surface area contributed by atoms with Gasteiger partial charge in [0.05, 0.1) is 11.8 Å². The molecule has 2 amide bonds. The topological polar surface area (TPSA) is 98.3 Å². The fraction of sp³-hybridized carbons (Fsp3) is 0.421. The van der Waals surface area contributed by atoms with Crippen LogP contribution in [0.5, 0.6) is 0 Å². The molecule has 1 saturated heterocycles. The van der Waals surface area contributed by atoms with E-state index in [9.17, 15) is 14.7 Å². The average Bonchev–Trinajstić information content (AvgIpc) is 3.18. The molecule has 1 aromatic carbocycles. The van der Waals surface area contributed by atoms with Crippen LogP contribution in [-0.2, 0) is 16.0 Å². The minimum atomic E-state index is -0.621. The van der Waals surface area contributed by atoms with Crippen LogP contribution in [-0.4, -0.2) is 51.2 Å². The van der Waals surface area contributed by atoms with E-state index in [0.717, 1.165) is 17.0 Å². The van der Waals surface area contributed by atoms with Crippen LogP contribution in [0.1, 0.15) is 23.4 Å². The maximum absolute atomic E-state index is 12.5. The molecule has 0 bridgehead atoms. The molecule has 0 radical (unpaired) electrons. The minimum absolute atomic E-state index is 0.0881. The highest BCUT2D eigenvalue weighted by atomic mass is 35.5. The number of rotatable bonds is 5. The van der Waals surface area contributed by atoms with Crippen molar-refractivity contribution in [3.05, 3.63) is 46.2 Å². The lowest BCUT2D eigenvalue weighted by Crippen LogP contribution is -2.32. The number of hydrogen-bond donors (Lipinski definition) is 3. The van der Waals surface area contributed by atoms with Crippen molar-refractivity contribution in [1.29, 1.82) is 0 Å². The molecular weight excluding hydrogens is 368 g/mol. The van der Waals surface area contributed by atoms with Crippen LogP contribution < -0.4 is 5.32 Å². The lowest BCUT2D eigenvalue weighted by atomic mass is 10.0. The number of aliphatic hydroxyl groups excluding tert-OH is 1. The molecule has 0 unspecified atom stereocenters. The van der Waals surface area contributed by atoms with Crippen molar-refractivity contribution in [2.45, 2.75) is 32.8 Å². The van der Waals surface area contributed by atoms with Gasteiger partial charge in [-0.2, -0.15) is 5.10 Å². The first kappa shape index (κ1) is 19.4. The van der Waals surface area contributed by atoms with E-state index in [4.69, 9.17) is 11.6 Å². The number of halogens is 1. The van der Waals surface area contributed by atoms with Crippen LogP contribution in [0, 0.1) is 19.8 Å². The van der Waals surface area contributed by atoms with Gasteiger partial charge in [-0.15, -0.1) is 0 Å². The van der Waals surface area contributed by atoms with E-state index in [0.29, 0.717) is 23.7 Å². The van der Waals surface area contributed by atoms with Crippen molar-refractivity contribution in [3.63, 3.8) is 0 Å². The molecule has 27 heavy (non-hydrogen) atoms. The normalized spacial score (nSPS) is 19.3. The second-order valence-electron chi connectivity index (χ2n) is 7.01. The van der Waals surface area contributed by atoms with Gasteiger partial charge in [0, 0.05) is 35.4 Å². The second-order valence-corrected chi connectivity index (χ2v) is 7.42. The number of anilines is 1. The average molecular weight is 391 g/mol. The van der Waals surface area contributed by atoms with E-state index < -0.39 is 12.0 Å². The summed E-state index contributed by atoms with van der Waals surface area (Å²) in [6, 6.07) is 7.15. The third-order valence-corrected chi connectivity index (χ3v) is 5.25. The first-order valence-corrected chi connectivity index (χ1v) is 9.23. The number of amides is 2. The van der Waals surface area contributed by atoms with Crippen molar-refractivity contribution < 1.29 is 14.7 Å². The Kier molecular flexibility index (Phi) is 5.82. The number of H-pyrrole nitrogens is 1.